The molecule has 1 rings (SSSR count). The average molecular weight is 170 g/mol. The van der Waals surface area contributed by atoms with E-state index in [9.17, 15) is 4.39 Å². The third-order valence-corrected chi connectivity index (χ3v) is 1.82. The first-order chi connectivity index (χ1) is 5.69. The molecule has 2 nitrogen and oxygen atoms in total. The van der Waals surface area contributed by atoms with Gasteiger partial charge < -0.3 is 9.84 Å². The lowest BCUT2D eigenvalue weighted by Gasteiger charge is -2.08. The van der Waals surface area contributed by atoms with Gasteiger partial charge in [-0.1, -0.05) is 0 Å². The van der Waals surface area contributed by atoms with E-state index < -0.39 is 0 Å². The highest BCUT2D eigenvalue weighted by Gasteiger charge is 2.06. The molecule has 0 aliphatic heterocycles. The van der Waals surface area contributed by atoms with E-state index in [4.69, 9.17) is 9.84 Å². The van der Waals surface area contributed by atoms with Crippen LogP contribution in [0.25, 0.3) is 0 Å². The van der Waals surface area contributed by atoms with Gasteiger partial charge in [0.05, 0.1) is 13.7 Å². The lowest BCUT2D eigenvalue weighted by Crippen LogP contribution is -1.95. The van der Waals surface area contributed by atoms with Crippen LogP contribution < -0.4 is 4.74 Å². The molecule has 0 radical (unpaired) electrons. The average Bonchev–Trinajstić information content (AvgIpc) is 2.08. The number of aliphatic hydroxyl groups is 1. The molecule has 0 heterocycles. The second-order valence-electron chi connectivity index (χ2n) is 2.55. The normalized spacial score (nSPS) is 10.0. The fraction of sp³-hybridized carbons (Fsp3) is 0.333. The predicted molar refractivity (Wildman–Crippen MR) is 43.6 cm³/mol. The van der Waals surface area contributed by atoms with Crippen LogP contribution in [0.4, 0.5) is 4.39 Å². The summed E-state index contributed by atoms with van der Waals surface area (Å²) in [5.41, 5.74) is 1.34. The summed E-state index contributed by atoms with van der Waals surface area (Å²) >= 11 is 0. The SMILES string of the molecule is COc1cc(F)cc(CO)c1C. The van der Waals surface area contributed by atoms with Gasteiger partial charge in [0.2, 0.25) is 0 Å². The standard InChI is InChI=1S/C9H11FO2/c1-6-7(5-11)3-8(10)4-9(6)12-2/h3-4,11H,5H2,1-2H3. The van der Waals surface area contributed by atoms with E-state index in [2.05, 4.69) is 0 Å². The molecule has 3 heteroatoms. The Bertz CT molecular complexity index is 259. The minimum absolute atomic E-state index is 0.167. The zero-order valence-corrected chi connectivity index (χ0v) is 7.10. The number of benzene rings is 1. The van der Waals surface area contributed by atoms with E-state index in [0.717, 1.165) is 5.56 Å². The molecule has 0 aromatic heterocycles. The summed E-state index contributed by atoms with van der Waals surface area (Å²) < 4.78 is 17.7. The lowest BCUT2D eigenvalue weighted by atomic mass is 10.1. The Labute approximate surface area is 70.6 Å². The highest BCUT2D eigenvalue weighted by molar-refractivity contribution is 5.39. The van der Waals surface area contributed by atoms with Crippen molar-refractivity contribution in [3.05, 3.63) is 29.1 Å². The van der Waals surface area contributed by atoms with Crippen LogP contribution in [0, 0.1) is 12.7 Å². The van der Waals surface area contributed by atoms with Crippen LogP contribution in [0.5, 0.6) is 5.75 Å². The lowest BCUT2D eigenvalue weighted by molar-refractivity contribution is 0.279. The summed E-state index contributed by atoms with van der Waals surface area (Å²) in [5.74, 6) is 0.0838. The van der Waals surface area contributed by atoms with Crippen molar-refractivity contribution in [2.75, 3.05) is 7.11 Å². The summed E-state index contributed by atoms with van der Waals surface area (Å²) in [6.07, 6.45) is 0. The highest BCUT2D eigenvalue weighted by atomic mass is 19.1. The molecular weight excluding hydrogens is 159 g/mol. The Morgan fingerprint density at radius 1 is 1.50 bits per heavy atom. The van der Waals surface area contributed by atoms with E-state index in [1.54, 1.807) is 6.92 Å². The van der Waals surface area contributed by atoms with Crippen LogP contribution in [-0.2, 0) is 6.61 Å². The Kier molecular flexibility index (Phi) is 2.65. The molecule has 66 valence electrons. The molecule has 0 aliphatic carbocycles. The number of hydrogen-bond donors (Lipinski definition) is 1. The van der Waals surface area contributed by atoms with E-state index >= 15 is 0 Å². The van der Waals surface area contributed by atoms with Crippen LogP contribution in [0.3, 0.4) is 0 Å². The molecule has 1 aromatic carbocycles. The maximum atomic E-state index is 12.8. The van der Waals surface area contributed by atoms with Gasteiger partial charge in [0, 0.05) is 6.07 Å². The predicted octanol–water partition coefficient (Wildman–Crippen LogP) is 1.64. The van der Waals surface area contributed by atoms with Gasteiger partial charge in [-0.2, -0.15) is 0 Å². The molecule has 0 bridgehead atoms. The smallest absolute Gasteiger partial charge is 0.127 e. The van der Waals surface area contributed by atoms with Crippen molar-refractivity contribution in [2.45, 2.75) is 13.5 Å². The zero-order chi connectivity index (χ0) is 9.14. The Hall–Kier alpha value is -1.09. The van der Waals surface area contributed by atoms with Gasteiger partial charge >= 0.3 is 0 Å². The number of rotatable bonds is 2. The number of ether oxygens (including phenoxy) is 1. The van der Waals surface area contributed by atoms with Gasteiger partial charge in [0.25, 0.3) is 0 Å². The summed E-state index contributed by atoms with van der Waals surface area (Å²) in [6.45, 7) is 1.61. The Morgan fingerprint density at radius 3 is 2.67 bits per heavy atom. The van der Waals surface area contributed by atoms with Gasteiger partial charge in [0.15, 0.2) is 0 Å². The van der Waals surface area contributed by atoms with Crippen molar-refractivity contribution < 1.29 is 14.2 Å². The van der Waals surface area contributed by atoms with Crippen molar-refractivity contribution in [2.24, 2.45) is 0 Å². The molecule has 0 atom stereocenters. The fourth-order valence-corrected chi connectivity index (χ4v) is 1.08. The molecule has 1 aromatic rings. The molecule has 0 amide bonds. The molecule has 0 saturated carbocycles. The third kappa shape index (κ3) is 1.56. The topological polar surface area (TPSA) is 29.5 Å². The zero-order valence-electron chi connectivity index (χ0n) is 7.10. The van der Waals surface area contributed by atoms with Gasteiger partial charge in [0.1, 0.15) is 11.6 Å². The van der Waals surface area contributed by atoms with Crippen LogP contribution in [0.1, 0.15) is 11.1 Å². The molecule has 0 spiro atoms. The molecule has 1 N–H and O–H groups in total. The van der Waals surface area contributed by atoms with Crippen molar-refractivity contribution in [1.82, 2.24) is 0 Å². The van der Waals surface area contributed by atoms with E-state index in [-0.39, 0.29) is 12.4 Å². The van der Waals surface area contributed by atoms with Crippen LogP contribution in [0.15, 0.2) is 12.1 Å². The molecule has 0 aliphatic rings. The van der Waals surface area contributed by atoms with Gasteiger partial charge in [-0.15, -0.1) is 0 Å². The van der Waals surface area contributed by atoms with Crippen LogP contribution in [-0.4, -0.2) is 12.2 Å². The number of methoxy groups -OCH3 is 1. The fourth-order valence-electron chi connectivity index (χ4n) is 1.08. The summed E-state index contributed by atoms with van der Waals surface area (Å²) in [6, 6.07) is 2.60. The molecular formula is C9H11FO2. The van der Waals surface area contributed by atoms with E-state index in [0.29, 0.717) is 11.3 Å². The quantitative estimate of drug-likeness (QED) is 0.731. The van der Waals surface area contributed by atoms with Crippen molar-refractivity contribution in [1.29, 1.82) is 0 Å². The second kappa shape index (κ2) is 3.54. The van der Waals surface area contributed by atoms with E-state index in [1.807, 2.05) is 0 Å². The van der Waals surface area contributed by atoms with Crippen LogP contribution >= 0.6 is 0 Å². The Morgan fingerprint density at radius 2 is 2.17 bits per heavy atom. The van der Waals surface area contributed by atoms with Crippen molar-refractivity contribution in [3.63, 3.8) is 0 Å². The second-order valence-corrected chi connectivity index (χ2v) is 2.55. The van der Waals surface area contributed by atoms with Crippen LogP contribution in [0.2, 0.25) is 0 Å². The van der Waals surface area contributed by atoms with E-state index in [1.165, 1.54) is 19.2 Å². The monoisotopic (exact) mass is 170 g/mol. The maximum absolute atomic E-state index is 12.8. The van der Waals surface area contributed by atoms with Gasteiger partial charge in [-0.25, -0.2) is 4.39 Å². The maximum Gasteiger partial charge on any atom is 0.127 e. The largest absolute Gasteiger partial charge is 0.496 e. The summed E-state index contributed by atoms with van der Waals surface area (Å²) in [4.78, 5) is 0. The van der Waals surface area contributed by atoms with Crippen molar-refractivity contribution in [3.8, 4) is 5.75 Å². The first-order valence-electron chi connectivity index (χ1n) is 3.63. The minimum atomic E-state index is -0.387. The van der Waals surface area contributed by atoms with Crippen molar-refractivity contribution >= 4 is 0 Å². The van der Waals surface area contributed by atoms with Gasteiger partial charge in [-0.3, -0.25) is 0 Å². The molecule has 0 fully saturated rings. The first-order valence-corrected chi connectivity index (χ1v) is 3.63. The Balaban J connectivity index is 3.22. The number of hydrogen-bond acceptors (Lipinski definition) is 2. The minimum Gasteiger partial charge on any atom is -0.496 e. The molecule has 12 heavy (non-hydrogen) atoms. The summed E-state index contributed by atoms with van der Waals surface area (Å²) in [7, 11) is 1.48. The number of aliphatic hydroxyl groups excluding tert-OH is 1. The third-order valence-electron chi connectivity index (χ3n) is 1.82. The van der Waals surface area contributed by atoms with Gasteiger partial charge in [-0.05, 0) is 24.1 Å². The molecule has 0 saturated heterocycles. The molecule has 0 unspecified atom stereocenters. The highest BCUT2D eigenvalue weighted by Crippen LogP contribution is 2.22. The first kappa shape index (κ1) is 9.00. The summed E-state index contributed by atoms with van der Waals surface area (Å²) in [5, 5.41) is 8.84. The number of halogens is 1.